The standard InChI is InChI=1S/C13H19BrO2S/c1-13(2,3)11(9-14)10-17(15,16)12-7-5-4-6-8-12/h4-8,11H,9-10H2,1-3H3. The predicted molar refractivity (Wildman–Crippen MR) is 75.2 cm³/mol. The maximum atomic E-state index is 12.2. The highest BCUT2D eigenvalue weighted by atomic mass is 79.9. The summed E-state index contributed by atoms with van der Waals surface area (Å²) in [7, 11) is -3.18. The van der Waals surface area contributed by atoms with Gasteiger partial charge in [-0.25, -0.2) is 8.42 Å². The molecule has 0 spiro atoms. The van der Waals surface area contributed by atoms with Crippen LogP contribution in [-0.2, 0) is 9.84 Å². The fourth-order valence-corrected chi connectivity index (χ4v) is 4.93. The maximum absolute atomic E-state index is 12.2. The van der Waals surface area contributed by atoms with Crippen LogP contribution in [0.5, 0.6) is 0 Å². The predicted octanol–water partition coefficient (Wildman–Crippen LogP) is 3.52. The van der Waals surface area contributed by atoms with E-state index < -0.39 is 9.84 Å². The van der Waals surface area contributed by atoms with E-state index >= 15 is 0 Å². The summed E-state index contributed by atoms with van der Waals surface area (Å²) in [5, 5.41) is 0.697. The maximum Gasteiger partial charge on any atom is 0.178 e. The summed E-state index contributed by atoms with van der Waals surface area (Å²) in [6, 6.07) is 8.65. The first kappa shape index (κ1) is 14.7. The van der Waals surface area contributed by atoms with Gasteiger partial charge in [-0.1, -0.05) is 54.9 Å². The van der Waals surface area contributed by atoms with Crippen LogP contribution < -0.4 is 0 Å². The second kappa shape index (κ2) is 5.53. The molecular formula is C13H19BrO2S. The molecule has 0 bridgehead atoms. The van der Waals surface area contributed by atoms with Crippen molar-refractivity contribution < 1.29 is 8.42 Å². The van der Waals surface area contributed by atoms with E-state index in [2.05, 4.69) is 36.7 Å². The van der Waals surface area contributed by atoms with E-state index in [0.717, 1.165) is 0 Å². The van der Waals surface area contributed by atoms with Gasteiger partial charge in [0.15, 0.2) is 9.84 Å². The molecule has 1 aromatic carbocycles. The summed E-state index contributed by atoms with van der Waals surface area (Å²) < 4.78 is 24.5. The van der Waals surface area contributed by atoms with Crippen molar-refractivity contribution in [3.63, 3.8) is 0 Å². The van der Waals surface area contributed by atoms with Gasteiger partial charge < -0.3 is 0 Å². The lowest BCUT2D eigenvalue weighted by molar-refractivity contribution is 0.291. The lowest BCUT2D eigenvalue weighted by Crippen LogP contribution is -2.29. The lowest BCUT2D eigenvalue weighted by Gasteiger charge is -2.28. The molecule has 1 rings (SSSR count). The molecule has 96 valence electrons. The SMILES string of the molecule is CC(C)(C)C(CBr)CS(=O)(=O)c1ccccc1. The zero-order valence-electron chi connectivity index (χ0n) is 10.5. The number of hydrogen-bond acceptors (Lipinski definition) is 2. The third-order valence-electron chi connectivity index (χ3n) is 2.93. The van der Waals surface area contributed by atoms with E-state index in [1.807, 2.05) is 6.07 Å². The van der Waals surface area contributed by atoms with Crippen LogP contribution in [0.1, 0.15) is 20.8 Å². The van der Waals surface area contributed by atoms with Gasteiger partial charge in [0.05, 0.1) is 10.6 Å². The van der Waals surface area contributed by atoms with Crippen LogP contribution in [0.15, 0.2) is 35.2 Å². The van der Waals surface area contributed by atoms with Crippen molar-refractivity contribution in [1.29, 1.82) is 0 Å². The number of sulfone groups is 1. The Balaban J connectivity index is 2.95. The summed E-state index contributed by atoms with van der Waals surface area (Å²) in [6.45, 7) is 6.21. The molecule has 0 N–H and O–H groups in total. The fraction of sp³-hybridized carbons (Fsp3) is 0.538. The van der Waals surface area contributed by atoms with E-state index in [1.54, 1.807) is 24.3 Å². The van der Waals surface area contributed by atoms with Gasteiger partial charge in [0.2, 0.25) is 0 Å². The van der Waals surface area contributed by atoms with Crippen LogP contribution in [0, 0.1) is 11.3 Å². The molecule has 0 amide bonds. The monoisotopic (exact) mass is 318 g/mol. The Kier molecular flexibility index (Phi) is 4.78. The minimum atomic E-state index is -3.18. The lowest BCUT2D eigenvalue weighted by atomic mass is 9.83. The average molecular weight is 319 g/mol. The zero-order chi connectivity index (χ0) is 13.1. The van der Waals surface area contributed by atoms with Crippen LogP contribution in [0.4, 0.5) is 0 Å². The Hall–Kier alpha value is -0.350. The van der Waals surface area contributed by atoms with Crippen molar-refractivity contribution in [2.24, 2.45) is 11.3 Å². The first-order valence-electron chi connectivity index (χ1n) is 5.61. The van der Waals surface area contributed by atoms with Gasteiger partial charge in [0.1, 0.15) is 0 Å². The molecule has 0 aliphatic rings. The number of rotatable bonds is 4. The number of hydrogen-bond donors (Lipinski definition) is 0. The average Bonchev–Trinajstić information content (AvgIpc) is 2.25. The normalized spacial score (nSPS) is 14.6. The Morgan fingerprint density at radius 2 is 1.71 bits per heavy atom. The van der Waals surface area contributed by atoms with Gasteiger partial charge >= 0.3 is 0 Å². The minimum absolute atomic E-state index is 0.0225. The van der Waals surface area contributed by atoms with Gasteiger partial charge in [0, 0.05) is 5.33 Å². The smallest absolute Gasteiger partial charge is 0.178 e. The topological polar surface area (TPSA) is 34.1 Å². The van der Waals surface area contributed by atoms with E-state index in [1.165, 1.54) is 0 Å². The summed E-state index contributed by atoms with van der Waals surface area (Å²) in [5.74, 6) is 0.291. The van der Waals surface area contributed by atoms with Crippen molar-refractivity contribution in [1.82, 2.24) is 0 Å². The summed E-state index contributed by atoms with van der Waals surface area (Å²) in [4.78, 5) is 0.412. The fourth-order valence-electron chi connectivity index (χ4n) is 1.51. The molecule has 0 saturated carbocycles. The van der Waals surface area contributed by atoms with Crippen molar-refractivity contribution in [3.05, 3.63) is 30.3 Å². The van der Waals surface area contributed by atoms with E-state index in [-0.39, 0.29) is 17.1 Å². The molecule has 4 heteroatoms. The van der Waals surface area contributed by atoms with Gasteiger partial charge in [-0.15, -0.1) is 0 Å². The van der Waals surface area contributed by atoms with Crippen molar-refractivity contribution >= 4 is 25.8 Å². The van der Waals surface area contributed by atoms with Crippen LogP contribution >= 0.6 is 15.9 Å². The van der Waals surface area contributed by atoms with Crippen molar-refractivity contribution in [2.75, 3.05) is 11.1 Å². The molecule has 1 unspecified atom stereocenters. The molecule has 0 aliphatic heterocycles. The molecule has 1 aromatic rings. The van der Waals surface area contributed by atoms with Gasteiger partial charge in [-0.2, -0.15) is 0 Å². The van der Waals surface area contributed by atoms with Crippen LogP contribution in [0.3, 0.4) is 0 Å². The molecule has 17 heavy (non-hydrogen) atoms. The Morgan fingerprint density at radius 1 is 1.18 bits per heavy atom. The molecule has 0 fully saturated rings. The second-order valence-electron chi connectivity index (χ2n) is 5.31. The Morgan fingerprint density at radius 3 is 2.12 bits per heavy atom. The summed E-state index contributed by atoms with van der Waals surface area (Å²) in [5.41, 5.74) is -0.0225. The van der Waals surface area contributed by atoms with E-state index in [0.29, 0.717) is 10.2 Å². The highest BCUT2D eigenvalue weighted by Gasteiger charge is 2.29. The molecule has 2 nitrogen and oxygen atoms in total. The quantitative estimate of drug-likeness (QED) is 0.796. The molecule has 1 atom stereocenters. The second-order valence-corrected chi connectivity index (χ2v) is 7.99. The third kappa shape index (κ3) is 4.11. The number of halogens is 1. The largest absolute Gasteiger partial charge is 0.224 e. The summed E-state index contributed by atoms with van der Waals surface area (Å²) in [6.07, 6.45) is 0. The minimum Gasteiger partial charge on any atom is -0.224 e. The molecule has 0 heterocycles. The van der Waals surface area contributed by atoms with Gasteiger partial charge in [-0.3, -0.25) is 0 Å². The molecule has 0 aliphatic carbocycles. The number of alkyl halides is 1. The van der Waals surface area contributed by atoms with E-state index in [4.69, 9.17) is 0 Å². The first-order valence-corrected chi connectivity index (χ1v) is 8.38. The highest BCUT2D eigenvalue weighted by Crippen LogP contribution is 2.30. The molecule has 0 saturated heterocycles. The van der Waals surface area contributed by atoms with Gasteiger partial charge in [0.25, 0.3) is 0 Å². The highest BCUT2D eigenvalue weighted by molar-refractivity contribution is 9.09. The first-order chi connectivity index (χ1) is 7.77. The van der Waals surface area contributed by atoms with Crippen molar-refractivity contribution in [3.8, 4) is 0 Å². The Bertz CT molecular complexity index is 446. The third-order valence-corrected chi connectivity index (χ3v) is 5.55. The molecular weight excluding hydrogens is 300 g/mol. The van der Waals surface area contributed by atoms with Crippen molar-refractivity contribution in [2.45, 2.75) is 25.7 Å². The Labute approximate surface area is 112 Å². The zero-order valence-corrected chi connectivity index (χ0v) is 12.9. The van der Waals surface area contributed by atoms with Gasteiger partial charge in [-0.05, 0) is 23.5 Å². The van der Waals surface area contributed by atoms with E-state index in [9.17, 15) is 8.42 Å². The number of benzene rings is 1. The van der Waals surface area contributed by atoms with Crippen LogP contribution in [0.2, 0.25) is 0 Å². The summed E-state index contributed by atoms with van der Waals surface area (Å²) >= 11 is 3.41. The van der Waals surface area contributed by atoms with Crippen LogP contribution in [-0.4, -0.2) is 19.5 Å². The molecule has 0 radical (unpaired) electrons. The molecule has 0 aromatic heterocycles. The van der Waals surface area contributed by atoms with Crippen LogP contribution in [0.25, 0.3) is 0 Å².